The number of hydrogen-bond acceptors (Lipinski definition) is 6. The summed E-state index contributed by atoms with van der Waals surface area (Å²) >= 11 is 0. The molecular weight excluding hydrogens is 440 g/mol. The summed E-state index contributed by atoms with van der Waals surface area (Å²) < 4.78 is 10.3. The highest BCUT2D eigenvalue weighted by molar-refractivity contribution is 5.69. The third kappa shape index (κ3) is 14.9. The molecule has 0 radical (unpaired) electrons. The zero-order valence-corrected chi connectivity index (χ0v) is 24.4. The fourth-order valence-corrected chi connectivity index (χ4v) is 5.92. The molecule has 2 fully saturated rings. The van der Waals surface area contributed by atoms with Crippen LogP contribution in [0.1, 0.15) is 139 Å². The van der Waals surface area contributed by atoms with E-state index in [-0.39, 0.29) is 29.1 Å². The smallest absolute Gasteiger partial charge is 0.306 e. The topological polar surface area (TPSA) is 76.7 Å². The van der Waals surface area contributed by atoms with E-state index in [2.05, 4.69) is 70.8 Å². The second-order valence-corrected chi connectivity index (χ2v) is 13.4. The van der Waals surface area contributed by atoms with Crippen LogP contribution >= 0.6 is 0 Å². The molecule has 0 aromatic carbocycles. The Kier molecular flexibility index (Phi) is 12.7. The summed E-state index contributed by atoms with van der Waals surface area (Å²) in [4.78, 5) is 23.1. The van der Waals surface area contributed by atoms with Crippen LogP contribution in [-0.2, 0) is 19.1 Å². The third-order valence-electron chi connectivity index (χ3n) is 6.97. The van der Waals surface area contributed by atoms with E-state index in [1.165, 1.54) is 26.4 Å². The minimum atomic E-state index is -0.132. The first kappa shape index (κ1) is 31.9. The number of ether oxygens (including phenoxy) is 2. The zero-order valence-electron chi connectivity index (χ0n) is 24.4. The van der Waals surface area contributed by atoms with Crippen LogP contribution in [0.15, 0.2) is 0 Å². The summed E-state index contributed by atoms with van der Waals surface area (Å²) in [6.45, 7) is 17.8. The maximum absolute atomic E-state index is 12.1. The van der Waals surface area contributed by atoms with E-state index >= 15 is 0 Å². The Balaban J connectivity index is 0.000000507. The number of unbranched alkanes of at least 4 members (excludes halogenated alkanes) is 5. The number of esters is 2. The number of piperidine rings is 2. The molecule has 6 heteroatoms. The van der Waals surface area contributed by atoms with E-state index in [0.29, 0.717) is 23.9 Å². The molecule has 0 aliphatic carbocycles. The molecule has 2 aliphatic heterocycles. The molecule has 0 amide bonds. The van der Waals surface area contributed by atoms with Gasteiger partial charge < -0.3 is 20.1 Å². The third-order valence-corrected chi connectivity index (χ3v) is 6.97. The van der Waals surface area contributed by atoms with Gasteiger partial charge in [-0.2, -0.15) is 0 Å². The van der Waals surface area contributed by atoms with Crippen LogP contribution in [0, 0.1) is 0 Å². The summed E-state index contributed by atoms with van der Waals surface area (Å²) in [5.74, 6) is -0.198. The van der Waals surface area contributed by atoms with Gasteiger partial charge in [-0.25, -0.2) is 0 Å². The Morgan fingerprint density at radius 1 is 0.657 bits per heavy atom. The van der Waals surface area contributed by atoms with Crippen LogP contribution in [0.3, 0.4) is 0 Å². The molecule has 6 nitrogen and oxygen atoms in total. The number of hydrogen-bond donors (Lipinski definition) is 2. The predicted octanol–water partition coefficient (Wildman–Crippen LogP) is 6.45. The quantitative estimate of drug-likeness (QED) is 0.267. The SMILES string of the molecule is CC1(C)CCCC(C)(C)N1.COC(=O)CCCCCCCCC(=O)OC1CC(C)(C)NC(C)(C)C1. The molecule has 0 bridgehead atoms. The highest BCUT2D eigenvalue weighted by Crippen LogP contribution is 2.30. The highest BCUT2D eigenvalue weighted by Gasteiger charge is 2.39. The zero-order chi connectivity index (χ0) is 26.8. The Morgan fingerprint density at radius 3 is 1.46 bits per heavy atom. The molecule has 206 valence electrons. The second-order valence-electron chi connectivity index (χ2n) is 13.4. The van der Waals surface area contributed by atoms with Gasteiger partial charge in [0.05, 0.1) is 7.11 Å². The van der Waals surface area contributed by atoms with Crippen LogP contribution in [0.5, 0.6) is 0 Å². The van der Waals surface area contributed by atoms with Crippen molar-refractivity contribution >= 4 is 11.9 Å². The molecule has 2 heterocycles. The van der Waals surface area contributed by atoms with Crippen LogP contribution in [0.2, 0.25) is 0 Å². The van der Waals surface area contributed by atoms with Gasteiger partial charge in [0.15, 0.2) is 0 Å². The average Bonchev–Trinajstić information content (AvgIpc) is 2.65. The molecule has 0 unspecified atom stereocenters. The predicted molar refractivity (Wildman–Crippen MR) is 145 cm³/mol. The minimum absolute atomic E-state index is 0.00308. The Labute approximate surface area is 216 Å². The minimum Gasteiger partial charge on any atom is -0.469 e. The lowest BCUT2D eigenvalue weighted by molar-refractivity contribution is -0.153. The maximum Gasteiger partial charge on any atom is 0.306 e. The largest absolute Gasteiger partial charge is 0.469 e. The van der Waals surface area contributed by atoms with Crippen molar-refractivity contribution in [2.75, 3.05) is 7.11 Å². The van der Waals surface area contributed by atoms with E-state index in [1.807, 2.05) is 0 Å². The summed E-state index contributed by atoms with van der Waals surface area (Å²) in [5.41, 5.74) is 0.720. The average molecular weight is 497 g/mol. The number of methoxy groups -OCH3 is 1. The van der Waals surface area contributed by atoms with E-state index < -0.39 is 0 Å². The Bertz CT molecular complexity index is 625. The molecule has 2 N–H and O–H groups in total. The fraction of sp³-hybridized carbons (Fsp3) is 0.931. The Morgan fingerprint density at radius 2 is 1.06 bits per heavy atom. The molecule has 0 spiro atoms. The number of carbonyl (C=O) groups excluding carboxylic acids is 2. The molecule has 35 heavy (non-hydrogen) atoms. The van der Waals surface area contributed by atoms with E-state index in [4.69, 9.17) is 4.74 Å². The van der Waals surface area contributed by atoms with Crippen molar-refractivity contribution in [3.63, 3.8) is 0 Å². The van der Waals surface area contributed by atoms with Crippen molar-refractivity contribution in [2.24, 2.45) is 0 Å². The highest BCUT2D eigenvalue weighted by atomic mass is 16.5. The van der Waals surface area contributed by atoms with Crippen molar-refractivity contribution in [3.8, 4) is 0 Å². The van der Waals surface area contributed by atoms with E-state index in [0.717, 1.165) is 51.4 Å². The second kappa shape index (κ2) is 14.0. The van der Waals surface area contributed by atoms with Gasteiger partial charge >= 0.3 is 11.9 Å². The summed E-state index contributed by atoms with van der Waals surface area (Å²) in [6, 6.07) is 0. The van der Waals surface area contributed by atoms with Crippen molar-refractivity contribution in [1.29, 1.82) is 0 Å². The molecule has 2 rings (SSSR count). The van der Waals surface area contributed by atoms with Crippen LogP contribution in [0.4, 0.5) is 0 Å². The van der Waals surface area contributed by atoms with Crippen molar-refractivity contribution < 1.29 is 19.1 Å². The molecule has 0 aromatic heterocycles. The van der Waals surface area contributed by atoms with Gasteiger partial charge in [-0.3, -0.25) is 9.59 Å². The van der Waals surface area contributed by atoms with E-state index in [1.54, 1.807) is 0 Å². The first-order valence-electron chi connectivity index (χ1n) is 13.9. The van der Waals surface area contributed by atoms with Gasteiger partial charge in [-0.15, -0.1) is 0 Å². The van der Waals surface area contributed by atoms with Crippen molar-refractivity contribution in [2.45, 2.75) is 167 Å². The van der Waals surface area contributed by atoms with Gasteiger partial charge in [0.2, 0.25) is 0 Å². The molecule has 2 aliphatic rings. The number of carbonyl (C=O) groups is 2. The van der Waals surface area contributed by atoms with Crippen molar-refractivity contribution in [1.82, 2.24) is 10.6 Å². The van der Waals surface area contributed by atoms with Gasteiger partial charge in [-0.1, -0.05) is 25.7 Å². The number of rotatable bonds is 10. The van der Waals surface area contributed by atoms with Gasteiger partial charge in [0.1, 0.15) is 6.10 Å². The lowest BCUT2D eigenvalue weighted by Crippen LogP contribution is -2.59. The van der Waals surface area contributed by atoms with Crippen LogP contribution in [0.25, 0.3) is 0 Å². The monoisotopic (exact) mass is 496 g/mol. The van der Waals surface area contributed by atoms with Gasteiger partial charge in [0.25, 0.3) is 0 Å². The molecular formula is C29H56N2O4. The molecule has 0 atom stereocenters. The standard InChI is InChI=1S/C20H37NO4.C9H19N/c1-19(2)14-16(15-20(3,4)21-19)25-18(23)13-11-9-7-6-8-10-12-17(22)24-5;1-8(2)6-5-7-9(3,4)10-8/h16,21H,6-15H2,1-5H3;10H,5-7H2,1-4H3. The summed E-state index contributed by atoms with van der Waals surface area (Å²) in [7, 11) is 1.42. The molecule has 2 saturated heterocycles. The first-order valence-corrected chi connectivity index (χ1v) is 13.9. The van der Waals surface area contributed by atoms with Gasteiger partial charge in [0, 0.05) is 47.8 Å². The lowest BCUT2D eigenvalue weighted by atomic mass is 9.81. The Hall–Kier alpha value is -1.14. The molecule has 0 aromatic rings. The van der Waals surface area contributed by atoms with E-state index in [9.17, 15) is 9.59 Å². The summed E-state index contributed by atoms with van der Waals surface area (Å²) in [5, 5.41) is 7.23. The van der Waals surface area contributed by atoms with Gasteiger partial charge in [-0.05, 0) is 87.5 Å². The van der Waals surface area contributed by atoms with Crippen molar-refractivity contribution in [3.05, 3.63) is 0 Å². The normalized spacial score (nSPS) is 22.4. The summed E-state index contributed by atoms with van der Waals surface area (Å²) in [6.07, 6.45) is 12.8. The number of nitrogens with one attached hydrogen (secondary N) is 2. The molecule has 0 saturated carbocycles. The van der Waals surface area contributed by atoms with Crippen LogP contribution < -0.4 is 10.6 Å². The fourth-order valence-electron chi connectivity index (χ4n) is 5.92. The maximum atomic E-state index is 12.1. The first-order chi connectivity index (χ1) is 16.0. The lowest BCUT2D eigenvalue weighted by Gasteiger charge is -2.45. The van der Waals surface area contributed by atoms with Crippen LogP contribution in [-0.4, -0.2) is 47.3 Å².